The standard InChI is InChI=1S/C23H24N4O3/c28-21(15-27-22(29)19-8-2-1-5-16(19)11-25-27)26-13-17-6-3-9-23(30,20(17)14-26)18-7-4-10-24-12-18/h1-2,4-5,7-8,10-12,17,20,30H,3,6,9,13-15H2. The molecule has 0 bridgehead atoms. The molecule has 1 saturated heterocycles. The zero-order chi connectivity index (χ0) is 20.7. The topological polar surface area (TPSA) is 88.3 Å². The second-order valence-corrected chi connectivity index (χ2v) is 8.42. The number of aromatic nitrogens is 3. The van der Waals surface area contributed by atoms with Crippen molar-refractivity contribution in [1.29, 1.82) is 0 Å². The number of likely N-dealkylation sites (tertiary alicyclic amines) is 1. The van der Waals surface area contributed by atoms with Crippen molar-refractivity contribution in [2.24, 2.45) is 11.8 Å². The smallest absolute Gasteiger partial charge is 0.275 e. The third-order valence-corrected chi connectivity index (χ3v) is 6.75. The summed E-state index contributed by atoms with van der Waals surface area (Å²) < 4.78 is 1.24. The predicted molar refractivity (Wildman–Crippen MR) is 112 cm³/mol. The highest BCUT2D eigenvalue weighted by Gasteiger charge is 2.50. The SMILES string of the molecule is O=C(Cn1ncc2ccccc2c1=O)N1CC2CCCC(O)(c3cccnc3)C2C1. The summed E-state index contributed by atoms with van der Waals surface area (Å²) in [4.78, 5) is 31.7. The number of nitrogens with zero attached hydrogens (tertiary/aromatic N) is 4. The van der Waals surface area contributed by atoms with E-state index < -0.39 is 5.60 Å². The van der Waals surface area contributed by atoms with Crippen molar-refractivity contribution >= 4 is 16.7 Å². The van der Waals surface area contributed by atoms with Crippen molar-refractivity contribution in [3.05, 3.63) is 70.9 Å². The van der Waals surface area contributed by atoms with Gasteiger partial charge < -0.3 is 10.0 Å². The van der Waals surface area contributed by atoms with Crippen LogP contribution in [-0.2, 0) is 16.9 Å². The number of aliphatic hydroxyl groups is 1. The monoisotopic (exact) mass is 404 g/mol. The van der Waals surface area contributed by atoms with Gasteiger partial charge in [-0.1, -0.05) is 24.3 Å². The van der Waals surface area contributed by atoms with Gasteiger partial charge >= 0.3 is 0 Å². The number of hydrogen-bond donors (Lipinski definition) is 1. The average Bonchev–Trinajstić information content (AvgIpc) is 3.23. The molecule has 1 N–H and O–H groups in total. The predicted octanol–water partition coefficient (Wildman–Crippen LogP) is 1.94. The Morgan fingerprint density at radius 1 is 1.17 bits per heavy atom. The van der Waals surface area contributed by atoms with Crippen LogP contribution in [0, 0.1) is 11.8 Å². The molecule has 154 valence electrons. The largest absolute Gasteiger partial charge is 0.385 e. The lowest BCUT2D eigenvalue weighted by atomic mass is 9.68. The highest BCUT2D eigenvalue weighted by atomic mass is 16.3. The summed E-state index contributed by atoms with van der Waals surface area (Å²) in [7, 11) is 0. The van der Waals surface area contributed by atoms with E-state index in [1.165, 1.54) is 4.68 Å². The zero-order valence-electron chi connectivity index (χ0n) is 16.6. The van der Waals surface area contributed by atoms with E-state index in [0.717, 1.165) is 23.8 Å². The maximum absolute atomic E-state index is 13.0. The fourth-order valence-electron chi connectivity index (χ4n) is 5.17. The summed E-state index contributed by atoms with van der Waals surface area (Å²) in [6.07, 6.45) is 7.63. The Bertz CT molecular complexity index is 1150. The minimum absolute atomic E-state index is 0.0271. The van der Waals surface area contributed by atoms with Crippen molar-refractivity contribution in [1.82, 2.24) is 19.7 Å². The summed E-state index contributed by atoms with van der Waals surface area (Å²) >= 11 is 0. The second kappa shape index (κ2) is 7.32. The Morgan fingerprint density at radius 3 is 2.87 bits per heavy atom. The van der Waals surface area contributed by atoms with Crippen molar-refractivity contribution in [2.45, 2.75) is 31.4 Å². The highest BCUT2D eigenvalue weighted by molar-refractivity contribution is 5.81. The van der Waals surface area contributed by atoms with Gasteiger partial charge in [0.25, 0.3) is 5.56 Å². The number of carbonyl (C=O) groups excluding carboxylic acids is 1. The number of carbonyl (C=O) groups is 1. The molecule has 5 rings (SSSR count). The van der Waals surface area contributed by atoms with Gasteiger partial charge in [0.1, 0.15) is 6.54 Å². The van der Waals surface area contributed by atoms with Crippen molar-refractivity contribution in [3.63, 3.8) is 0 Å². The van der Waals surface area contributed by atoms with Gasteiger partial charge in [-0.15, -0.1) is 0 Å². The molecular weight excluding hydrogens is 380 g/mol. The molecule has 2 fully saturated rings. The van der Waals surface area contributed by atoms with Crippen LogP contribution in [0.1, 0.15) is 24.8 Å². The fourth-order valence-corrected chi connectivity index (χ4v) is 5.17. The quantitative estimate of drug-likeness (QED) is 0.721. The molecular formula is C23H24N4O3. The summed E-state index contributed by atoms with van der Waals surface area (Å²) in [6, 6.07) is 11.0. The van der Waals surface area contributed by atoms with Crippen LogP contribution in [0.3, 0.4) is 0 Å². The van der Waals surface area contributed by atoms with Gasteiger partial charge in [-0.25, -0.2) is 4.68 Å². The molecule has 0 spiro atoms. The van der Waals surface area contributed by atoms with E-state index in [0.29, 0.717) is 24.9 Å². The zero-order valence-corrected chi connectivity index (χ0v) is 16.6. The summed E-state index contributed by atoms with van der Waals surface area (Å²) in [6.45, 7) is 1.00. The number of benzene rings is 1. The van der Waals surface area contributed by atoms with Crippen LogP contribution < -0.4 is 5.56 Å². The van der Waals surface area contributed by atoms with E-state index in [1.54, 1.807) is 35.6 Å². The maximum atomic E-state index is 13.0. The molecule has 30 heavy (non-hydrogen) atoms. The van der Waals surface area contributed by atoms with Gasteiger partial charge in [-0.2, -0.15) is 5.10 Å². The molecule has 1 aliphatic heterocycles. The first-order valence-electron chi connectivity index (χ1n) is 10.4. The van der Waals surface area contributed by atoms with Crippen LogP contribution in [0.25, 0.3) is 10.8 Å². The van der Waals surface area contributed by atoms with Gasteiger partial charge in [-0.05, 0) is 37.3 Å². The van der Waals surface area contributed by atoms with Gasteiger partial charge in [0.05, 0.1) is 17.2 Å². The van der Waals surface area contributed by atoms with Crippen LogP contribution in [0.5, 0.6) is 0 Å². The Hall–Kier alpha value is -3.06. The van der Waals surface area contributed by atoms with Gasteiger partial charge in [0, 0.05) is 42.4 Å². The molecule has 3 aromatic rings. The Morgan fingerprint density at radius 2 is 2.03 bits per heavy atom. The van der Waals surface area contributed by atoms with Crippen molar-refractivity contribution in [2.75, 3.05) is 13.1 Å². The highest BCUT2D eigenvalue weighted by Crippen LogP contribution is 2.48. The molecule has 3 unspecified atom stereocenters. The van der Waals surface area contributed by atoms with E-state index >= 15 is 0 Å². The van der Waals surface area contributed by atoms with Gasteiger partial charge in [0.2, 0.25) is 5.91 Å². The average molecular weight is 404 g/mol. The van der Waals surface area contributed by atoms with Crippen LogP contribution in [0.2, 0.25) is 0 Å². The van der Waals surface area contributed by atoms with E-state index in [1.807, 2.05) is 24.3 Å². The molecule has 1 aromatic carbocycles. The molecule has 2 aromatic heterocycles. The summed E-state index contributed by atoms with van der Waals surface area (Å²) in [5.74, 6) is 0.0812. The van der Waals surface area contributed by atoms with Crippen LogP contribution >= 0.6 is 0 Å². The maximum Gasteiger partial charge on any atom is 0.275 e. The van der Waals surface area contributed by atoms with E-state index in [9.17, 15) is 14.7 Å². The fraction of sp³-hybridized carbons (Fsp3) is 0.391. The first kappa shape index (κ1) is 18.9. The third kappa shape index (κ3) is 3.10. The summed E-state index contributed by atoms with van der Waals surface area (Å²) in [5, 5.41) is 17.0. The molecule has 3 atom stereocenters. The Labute approximate surface area is 174 Å². The molecule has 1 amide bonds. The van der Waals surface area contributed by atoms with E-state index in [2.05, 4.69) is 10.1 Å². The lowest BCUT2D eigenvalue weighted by Crippen LogP contribution is -2.43. The minimum Gasteiger partial charge on any atom is -0.385 e. The molecule has 1 aliphatic carbocycles. The first-order valence-corrected chi connectivity index (χ1v) is 10.4. The van der Waals surface area contributed by atoms with E-state index in [-0.39, 0.29) is 29.8 Å². The molecule has 0 radical (unpaired) electrons. The number of rotatable bonds is 3. The number of fused-ring (bicyclic) bond motifs is 2. The molecule has 7 heteroatoms. The number of amides is 1. The van der Waals surface area contributed by atoms with Crippen LogP contribution in [0.15, 0.2) is 59.8 Å². The lowest BCUT2D eigenvalue weighted by molar-refractivity contribution is -0.131. The Kier molecular flexibility index (Phi) is 4.62. The van der Waals surface area contributed by atoms with E-state index in [4.69, 9.17) is 0 Å². The number of hydrogen-bond acceptors (Lipinski definition) is 5. The van der Waals surface area contributed by atoms with Crippen LogP contribution in [-0.4, -0.2) is 43.8 Å². The second-order valence-electron chi connectivity index (χ2n) is 8.42. The van der Waals surface area contributed by atoms with Crippen molar-refractivity contribution in [3.8, 4) is 0 Å². The number of pyridine rings is 1. The molecule has 1 saturated carbocycles. The Balaban J connectivity index is 1.37. The lowest BCUT2D eigenvalue weighted by Gasteiger charge is -2.41. The van der Waals surface area contributed by atoms with Gasteiger partial charge in [-0.3, -0.25) is 14.6 Å². The normalized spacial score (nSPS) is 26.0. The first-order chi connectivity index (χ1) is 14.6. The third-order valence-electron chi connectivity index (χ3n) is 6.75. The molecule has 7 nitrogen and oxygen atoms in total. The van der Waals surface area contributed by atoms with Crippen LogP contribution in [0.4, 0.5) is 0 Å². The van der Waals surface area contributed by atoms with Crippen molar-refractivity contribution < 1.29 is 9.90 Å². The molecule has 2 aliphatic rings. The summed E-state index contributed by atoms with van der Waals surface area (Å²) in [5.41, 5.74) is -0.407. The van der Waals surface area contributed by atoms with Gasteiger partial charge in [0.15, 0.2) is 0 Å². The molecule has 3 heterocycles. The minimum atomic E-state index is -0.968.